The molecule has 1 aliphatic heterocycles. The second-order valence-electron chi connectivity index (χ2n) is 5.34. The molecule has 98 valence electrons. The van der Waals surface area contributed by atoms with E-state index in [-0.39, 0.29) is 5.41 Å². The number of hydrogen-bond acceptors (Lipinski definition) is 3. The molecule has 1 saturated heterocycles. The van der Waals surface area contributed by atoms with Gasteiger partial charge in [-0.25, -0.2) is 0 Å². The Morgan fingerprint density at radius 3 is 2.72 bits per heavy atom. The van der Waals surface area contributed by atoms with Gasteiger partial charge in [-0.15, -0.1) is 0 Å². The first kappa shape index (κ1) is 13.1. The number of likely N-dealkylation sites (tertiary alicyclic amines) is 1. The molecule has 0 spiro atoms. The molecule has 1 fully saturated rings. The summed E-state index contributed by atoms with van der Waals surface area (Å²) in [6.07, 6.45) is 4.59. The van der Waals surface area contributed by atoms with Crippen molar-refractivity contribution in [1.82, 2.24) is 4.90 Å². The van der Waals surface area contributed by atoms with Crippen LogP contribution in [0.4, 0.5) is 0 Å². The number of aromatic hydroxyl groups is 1. The van der Waals surface area contributed by atoms with E-state index in [1.54, 1.807) is 6.07 Å². The number of hydrogen-bond donors (Lipinski definition) is 1. The monoisotopic (exact) mass is 247 g/mol. The van der Waals surface area contributed by atoms with Gasteiger partial charge < -0.3 is 14.8 Å². The first-order valence-corrected chi connectivity index (χ1v) is 6.58. The molecule has 0 atom stereocenters. The van der Waals surface area contributed by atoms with Crippen LogP contribution in [-0.2, 0) is 10.2 Å². The third-order valence-electron chi connectivity index (χ3n) is 4.14. The van der Waals surface area contributed by atoms with Gasteiger partial charge in [-0.1, -0.05) is 12.1 Å². The van der Waals surface area contributed by atoms with Crippen LogP contribution in [0.5, 0.6) is 5.75 Å². The molecule has 0 amide bonds. The summed E-state index contributed by atoms with van der Waals surface area (Å²) in [5.74, 6) is 0.317. The molecule has 3 nitrogen and oxygen atoms in total. The first-order valence-electron chi connectivity index (χ1n) is 6.58. The number of phenolic OH excluding ortho intramolecular Hbond substituents is 1. The summed E-state index contributed by atoms with van der Waals surface area (Å²) in [4.78, 5) is 13.0. The highest BCUT2D eigenvalue weighted by atomic mass is 16.3. The number of aldehydes is 1. The second kappa shape index (κ2) is 5.53. The summed E-state index contributed by atoms with van der Waals surface area (Å²) >= 11 is 0. The van der Waals surface area contributed by atoms with E-state index in [2.05, 4.69) is 18.0 Å². The minimum atomic E-state index is 0.0617. The van der Waals surface area contributed by atoms with E-state index in [0.717, 1.165) is 38.6 Å². The van der Waals surface area contributed by atoms with Crippen LogP contribution in [-0.4, -0.2) is 36.4 Å². The highest BCUT2D eigenvalue weighted by molar-refractivity contribution is 5.50. The fraction of sp³-hybridized carbons (Fsp3) is 0.533. The van der Waals surface area contributed by atoms with Crippen molar-refractivity contribution in [3.05, 3.63) is 29.8 Å². The summed E-state index contributed by atoms with van der Waals surface area (Å²) in [6, 6.07) is 7.53. The maximum Gasteiger partial charge on any atom is 0.120 e. The van der Waals surface area contributed by atoms with Gasteiger partial charge >= 0.3 is 0 Å². The number of rotatable bonds is 4. The first-order chi connectivity index (χ1) is 8.66. The van der Waals surface area contributed by atoms with Crippen molar-refractivity contribution in [3.8, 4) is 5.75 Å². The Morgan fingerprint density at radius 1 is 1.39 bits per heavy atom. The molecule has 2 rings (SSSR count). The van der Waals surface area contributed by atoms with Crippen molar-refractivity contribution in [3.63, 3.8) is 0 Å². The van der Waals surface area contributed by atoms with Crippen molar-refractivity contribution in [1.29, 1.82) is 0 Å². The number of nitrogens with zero attached hydrogens (tertiary/aromatic N) is 1. The third-order valence-corrected chi connectivity index (χ3v) is 4.14. The normalized spacial score (nSPS) is 19.6. The van der Waals surface area contributed by atoms with Crippen molar-refractivity contribution < 1.29 is 9.90 Å². The molecule has 0 bridgehead atoms. The Bertz CT molecular complexity index is 409. The van der Waals surface area contributed by atoms with Gasteiger partial charge in [-0.2, -0.15) is 0 Å². The van der Waals surface area contributed by atoms with Crippen LogP contribution in [0.3, 0.4) is 0 Å². The van der Waals surface area contributed by atoms with Crippen LogP contribution in [0, 0.1) is 0 Å². The molecule has 0 unspecified atom stereocenters. The smallest absolute Gasteiger partial charge is 0.120 e. The maximum absolute atomic E-state index is 10.7. The van der Waals surface area contributed by atoms with Crippen LogP contribution in [0.1, 0.15) is 31.2 Å². The molecular formula is C15H21NO2. The Labute approximate surface area is 108 Å². The average molecular weight is 247 g/mol. The van der Waals surface area contributed by atoms with Gasteiger partial charge in [0.15, 0.2) is 0 Å². The van der Waals surface area contributed by atoms with Crippen molar-refractivity contribution in [2.24, 2.45) is 0 Å². The van der Waals surface area contributed by atoms with Crippen LogP contribution in [0.25, 0.3) is 0 Å². The van der Waals surface area contributed by atoms with Gasteiger partial charge in [0.1, 0.15) is 12.0 Å². The van der Waals surface area contributed by atoms with E-state index < -0.39 is 0 Å². The van der Waals surface area contributed by atoms with E-state index in [1.165, 1.54) is 5.56 Å². The molecule has 3 heteroatoms. The van der Waals surface area contributed by atoms with Crippen LogP contribution >= 0.6 is 0 Å². The molecule has 0 aliphatic carbocycles. The molecule has 1 aromatic carbocycles. The molecule has 1 heterocycles. The van der Waals surface area contributed by atoms with Gasteiger partial charge in [-0.3, -0.25) is 0 Å². The van der Waals surface area contributed by atoms with Crippen molar-refractivity contribution in [2.45, 2.75) is 31.1 Å². The third kappa shape index (κ3) is 2.72. The minimum Gasteiger partial charge on any atom is -0.508 e. The molecule has 18 heavy (non-hydrogen) atoms. The molecule has 0 radical (unpaired) electrons. The maximum atomic E-state index is 10.7. The SMILES string of the molecule is CN1CCC(CCC=O)(c2cccc(O)c2)CC1. The molecule has 1 aliphatic rings. The molecular weight excluding hydrogens is 226 g/mol. The molecule has 1 N–H and O–H groups in total. The number of phenols is 1. The fourth-order valence-corrected chi connectivity index (χ4v) is 2.90. The zero-order valence-electron chi connectivity index (χ0n) is 10.9. The van der Waals surface area contributed by atoms with Gasteiger partial charge in [0.2, 0.25) is 0 Å². The lowest BCUT2D eigenvalue weighted by Gasteiger charge is -2.41. The lowest BCUT2D eigenvalue weighted by Crippen LogP contribution is -2.40. The van der Waals surface area contributed by atoms with E-state index in [1.807, 2.05) is 12.1 Å². The molecule has 0 aromatic heterocycles. The zero-order chi connectivity index (χ0) is 13.0. The lowest BCUT2D eigenvalue weighted by molar-refractivity contribution is -0.108. The molecule has 1 aromatic rings. The van der Waals surface area contributed by atoms with Crippen molar-refractivity contribution in [2.75, 3.05) is 20.1 Å². The number of benzene rings is 1. The zero-order valence-corrected chi connectivity index (χ0v) is 10.9. The predicted molar refractivity (Wildman–Crippen MR) is 71.8 cm³/mol. The van der Waals surface area contributed by atoms with Gasteiger partial charge in [0.05, 0.1) is 0 Å². The highest BCUT2D eigenvalue weighted by Gasteiger charge is 2.34. The van der Waals surface area contributed by atoms with E-state index >= 15 is 0 Å². The van der Waals surface area contributed by atoms with Crippen LogP contribution in [0.2, 0.25) is 0 Å². The standard InChI is InChI=1S/C15H21NO2/c1-16-9-7-15(8-10-16,6-3-11-17)13-4-2-5-14(18)12-13/h2,4-5,11-12,18H,3,6-10H2,1H3. The highest BCUT2D eigenvalue weighted by Crippen LogP contribution is 2.40. The summed E-state index contributed by atoms with van der Waals surface area (Å²) in [5, 5.41) is 9.66. The lowest BCUT2D eigenvalue weighted by atomic mass is 9.70. The summed E-state index contributed by atoms with van der Waals surface area (Å²) < 4.78 is 0. The molecule has 0 saturated carbocycles. The van der Waals surface area contributed by atoms with Gasteiger partial charge in [-0.05, 0) is 62.5 Å². The van der Waals surface area contributed by atoms with E-state index in [9.17, 15) is 9.90 Å². The summed E-state index contributed by atoms with van der Waals surface area (Å²) in [5.41, 5.74) is 1.24. The average Bonchev–Trinajstić information content (AvgIpc) is 2.39. The Kier molecular flexibility index (Phi) is 4.02. The summed E-state index contributed by atoms with van der Waals surface area (Å²) in [7, 11) is 2.13. The van der Waals surface area contributed by atoms with Crippen molar-refractivity contribution >= 4 is 6.29 Å². The minimum absolute atomic E-state index is 0.0617. The quantitative estimate of drug-likeness (QED) is 0.830. The van der Waals surface area contributed by atoms with Gasteiger partial charge in [0, 0.05) is 6.42 Å². The Hall–Kier alpha value is -1.35. The largest absolute Gasteiger partial charge is 0.508 e. The number of piperidine rings is 1. The van der Waals surface area contributed by atoms with E-state index in [4.69, 9.17) is 0 Å². The second-order valence-corrected chi connectivity index (χ2v) is 5.34. The number of carbonyl (C=O) groups is 1. The van der Waals surface area contributed by atoms with Gasteiger partial charge in [0.25, 0.3) is 0 Å². The summed E-state index contributed by atoms with van der Waals surface area (Å²) in [6.45, 7) is 2.10. The van der Waals surface area contributed by atoms with Crippen LogP contribution < -0.4 is 0 Å². The van der Waals surface area contributed by atoms with Crippen LogP contribution in [0.15, 0.2) is 24.3 Å². The predicted octanol–water partition coefficient (Wildman–Crippen LogP) is 2.33. The Balaban J connectivity index is 2.26. The number of carbonyl (C=O) groups excluding carboxylic acids is 1. The topological polar surface area (TPSA) is 40.5 Å². The fourth-order valence-electron chi connectivity index (χ4n) is 2.90. The Morgan fingerprint density at radius 2 is 2.11 bits per heavy atom. The van der Waals surface area contributed by atoms with E-state index in [0.29, 0.717) is 12.2 Å².